The third-order valence-electron chi connectivity index (χ3n) is 6.68. The molecule has 2 aliphatic heterocycles. The summed E-state index contributed by atoms with van der Waals surface area (Å²) in [5.41, 5.74) is 1.76. The van der Waals surface area contributed by atoms with Gasteiger partial charge in [0, 0.05) is 31.9 Å². The summed E-state index contributed by atoms with van der Waals surface area (Å²) in [6.07, 6.45) is 4.86. The van der Waals surface area contributed by atoms with Gasteiger partial charge in [0.05, 0.1) is 31.9 Å². The number of rotatable bonds is 10. The Balaban J connectivity index is 1.31. The standard InChI is InChI=1S/C27H35N3O4/c1-3-4-5-6-19-34-24-13-9-22(10-14-24)30-26(31)20-25(27(30)32)29-17-15-28(16-18-29)21-7-11-23(33-2)12-8-21/h7-14,25H,3-6,15-20H2,1-2H3. The number of carbonyl (C=O) groups is 2. The Hall–Kier alpha value is -3.06. The van der Waals surface area contributed by atoms with Gasteiger partial charge in [-0.15, -0.1) is 0 Å². The highest BCUT2D eigenvalue weighted by molar-refractivity contribution is 6.22. The molecule has 2 heterocycles. The van der Waals surface area contributed by atoms with Crippen LogP contribution >= 0.6 is 0 Å². The summed E-state index contributed by atoms with van der Waals surface area (Å²) in [6, 6.07) is 14.9. The van der Waals surface area contributed by atoms with Gasteiger partial charge in [0.1, 0.15) is 11.5 Å². The lowest BCUT2D eigenvalue weighted by molar-refractivity contribution is -0.123. The largest absolute Gasteiger partial charge is 0.497 e. The van der Waals surface area contributed by atoms with Crippen LogP contribution in [0.15, 0.2) is 48.5 Å². The summed E-state index contributed by atoms with van der Waals surface area (Å²) in [5, 5.41) is 0. The van der Waals surface area contributed by atoms with E-state index in [1.807, 2.05) is 24.3 Å². The SMILES string of the molecule is CCCCCCOc1ccc(N2C(=O)CC(N3CCN(c4ccc(OC)cc4)CC3)C2=O)cc1. The van der Waals surface area contributed by atoms with Crippen molar-refractivity contribution in [3.63, 3.8) is 0 Å². The van der Waals surface area contributed by atoms with Gasteiger partial charge in [-0.05, 0) is 55.0 Å². The highest BCUT2D eigenvalue weighted by atomic mass is 16.5. The summed E-state index contributed by atoms with van der Waals surface area (Å²) in [7, 11) is 1.66. The van der Waals surface area contributed by atoms with Gasteiger partial charge in [-0.25, -0.2) is 4.90 Å². The van der Waals surface area contributed by atoms with Crippen LogP contribution in [0, 0.1) is 0 Å². The Morgan fingerprint density at radius 3 is 2.12 bits per heavy atom. The van der Waals surface area contributed by atoms with Gasteiger partial charge >= 0.3 is 0 Å². The Morgan fingerprint density at radius 2 is 1.47 bits per heavy atom. The lowest BCUT2D eigenvalue weighted by atomic mass is 10.1. The minimum absolute atomic E-state index is 0.129. The first kappa shape index (κ1) is 24.1. The van der Waals surface area contributed by atoms with Crippen molar-refractivity contribution in [1.29, 1.82) is 0 Å². The quantitative estimate of drug-likeness (QED) is 0.389. The van der Waals surface area contributed by atoms with Crippen LogP contribution in [-0.2, 0) is 9.59 Å². The van der Waals surface area contributed by atoms with Gasteiger partial charge in [-0.1, -0.05) is 26.2 Å². The monoisotopic (exact) mass is 465 g/mol. The number of amides is 2. The molecule has 34 heavy (non-hydrogen) atoms. The molecule has 2 aromatic carbocycles. The number of methoxy groups -OCH3 is 1. The summed E-state index contributed by atoms with van der Waals surface area (Å²) in [4.78, 5) is 31.8. The van der Waals surface area contributed by atoms with Crippen molar-refractivity contribution in [3.8, 4) is 11.5 Å². The summed E-state index contributed by atoms with van der Waals surface area (Å²) in [6.45, 7) is 5.99. The van der Waals surface area contributed by atoms with Crippen molar-refractivity contribution < 1.29 is 19.1 Å². The van der Waals surface area contributed by atoms with Gasteiger partial charge in [0.15, 0.2) is 0 Å². The van der Waals surface area contributed by atoms with E-state index in [-0.39, 0.29) is 24.3 Å². The van der Waals surface area contributed by atoms with Gasteiger partial charge in [-0.3, -0.25) is 14.5 Å². The topological polar surface area (TPSA) is 62.3 Å². The van der Waals surface area contributed by atoms with Crippen LogP contribution in [0.4, 0.5) is 11.4 Å². The summed E-state index contributed by atoms with van der Waals surface area (Å²) < 4.78 is 11.0. The zero-order valence-corrected chi connectivity index (χ0v) is 20.2. The fourth-order valence-corrected chi connectivity index (χ4v) is 4.67. The number of piperazine rings is 1. The molecule has 0 radical (unpaired) electrons. The fraction of sp³-hybridized carbons (Fsp3) is 0.481. The lowest BCUT2D eigenvalue weighted by Gasteiger charge is -2.38. The third-order valence-corrected chi connectivity index (χ3v) is 6.68. The highest BCUT2D eigenvalue weighted by Crippen LogP contribution is 2.29. The van der Waals surface area contributed by atoms with Crippen LogP contribution in [-0.4, -0.2) is 62.7 Å². The molecule has 0 spiro atoms. The molecule has 1 atom stereocenters. The molecular weight excluding hydrogens is 430 g/mol. The molecule has 2 amide bonds. The van der Waals surface area contributed by atoms with Gasteiger partial charge in [-0.2, -0.15) is 0 Å². The minimum Gasteiger partial charge on any atom is -0.497 e. The van der Waals surface area contributed by atoms with Crippen LogP contribution in [0.25, 0.3) is 0 Å². The molecule has 2 aliphatic rings. The molecule has 182 valence electrons. The van der Waals surface area contributed by atoms with E-state index in [4.69, 9.17) is 9.47 Å². The van der Waals surface area contributed by atoms with E-state index in [1.54, 1.807) is 19.2 Å². The minimum atomic E-state index is -0.389. The smallest absolute Gasteiger partial charge is 0.251 e. The van der Waals surface area contributed by atoms with Crippen molar-refractivity contribution in [1.82, 2.24) is 4.90 Å². The molecule has 0 saturated carbocycles. The molecule has 1 unspecified atom stereocenters. The number of ether oxygens (including phenoxy) is 2. The number of hydrogen-bond acceptors (Lipinski definition) is 6. The number of hydrogen-bond donors (Lipinski definition) is 0. The lowest BCUT2D eigenvalue weighted by Crippen LogP contribution is -2.52. The number of benzene rings is 2. The Bertz CT molecular complexity index is 953. The second-order valence-corrected chi connectivity index (χ2v) is 8.91. The number of nitrogens with zero attached hydrogens (tertiary/aromatic N) is 3. The molecule has 7 heteroatoms. The molecule has 2 fully saturated rings. The average molecular weight is 466 g/mol. The van der Waals surface area contributed by atoms with E-state index in [9.17, 15) is 9.59 Å². The van der Waals surface area contributed by atoms with E-state index >= 15 is 0 Å². The van der Waals surface area contributed by atoms with Crippen molar-refractivity contribution in [3.05, 3.63) is 48.5 Å². The predicted octanol–water partition coefficient (Wildman–Crippen LogP) is 4.11. The molecule has 0 aliphatic carbocycles. The normalized spacial score (nSPS) is 19.1. The maximum Gasteiger partial charge on any atom is 0.251 e. The number of unbranched alkanes of at least 4 members (excludes halogenated alkanes) is 3. The van der Waals surface area contributed by atoms with Crippen LogP contribution in [0.3, 0.4) is 0 Å². The molecule has 4 rings (SSSR count). The number of anilines is 2. The zero-order valence-electron chi connectivity index (χ0n) is 20.2. The van der Waals surface area contributed by atoms with E-state index in [0.717, 1.165) is 49.8 Å². The fourth-order valence-electron chi connectivity index (χ4n) is 4.67. The summed E-state index contributed by atoms with van der Waals surface area (Å²) >= 11 is 0. The molecule has 7 nitrogen and oxygen atoms in total. The third kappa shape index (κ3) is 5.53. The first-order valence-corrected chi connectivity index (χ1v) is 12.3. The van der Waals surface area contributed by atoms with Crippen LogP contribution < -0.4 is 19.3 Å². The zero-order chi connectivity index (χ0) is 23.9. The highest BCUT2D eigenvalue weighted by Gasteiger charge is 2.43. The Kier molecular flexibility index (Phi) is 8.06. The van der Waals surface area contributed by atoms with Gasteiger partial charge in [0.2, 0.25) is 5.91 Å². The van der Waals surface area contributed by atoms with Gasteiger partial charge < -0.3 is 14.4 Å². The maximum absolute atomic E-state index is 13.2. The first-order chi connectivity index (χ1) is 16.6. The second-order valence-electron chi connectivity index (χ2n) is 8.91. The predicted molar refractivity (Wildman–Crippen MR) is 134 cm³/mol. The maximum atomic E-state index is 13.2. The van der Waals surface area contributed by atoms with E-state index < -0.39 is 0 Å². The molecule has 2 aromatic rings. The van der Waals surface area contributed by atoms with Crippen LogP contribution in [0.5, 0.6) is 11.5 Å². The molecule has 2 saturated heterocycles. The average Bonchev–Trinajstić information content (AvgIpc) is 3.18. The van der Waals surface area contributed by atoms with Crippen molar-refractivity contribution >= 4 is 23.2 Å². The van der Waals surface area contributed by atoms with Crippen LogP contribution in [0.1, 0.15) is 39.0 Å². The molecule has 0 N–H and O–H groups in total. The second kappa shape index (κ2) is 11.4. The first-order valence-electron chi connectivity index (χ1n) is 12.3. The van der Waals surface area contributed by atoms with Crippen molar-refractivity contribution in [2.24, 2.45) is 0 Å². The van der Waals surface area contributed by atoms with Gasteiger partial charge in [0.25, 0.3) is 5.91 Å². The Morgan fingerprint density at radius 1 is 0.824 bits per heavy atom. The molecule has 0 bridgehead atoms. The molecule has 0 aromatic heterocycles. The van der Waals surface area contributed by atoms with Crippen molar-refractivity contribution in [2.45, 2.75) is 45.1 Å². The van der Waals surface area contributed by atoms with E-state index in [1.165, 1.54) is 24.2 Å². The Labute approximate surface area is 202 Å². The molecular formula is C27H35N3O4. The van der Waals surface area contributed by atoms with E-state index in [0.29, 0.717) is 12.3 Å². The number of imide groups is 1. The van der Waals surface area contributed by atoms with Crippen molar-refractivity contribution in [2.75, 3.05) is 49.7 Å². The summed E-state index contributed by atoms with van der Waals surface area (Å²) in [5.74, 6) is 1.34. The van der Waals surface area contributed by atoms with E-state index in [2.05, 4.69) is 28.9 Å². The number of carbonyl (C=O) groups excluding carboxylic acids is 2. The van der Waals surface area contributed by atoms with Crippen LogP contribution in [0.2, 0.25) is 0 Å².